The number of carbonyl (C=O) groups excluding carboxylic acids is 1. The van der Waals surface area contributed by atoms with Crippen LogP contribution in [0.15, 0.2) is 18.2 Å². The maximum Gasteiger partial charge on any atom is 0.225 e. The Morgan fingerprint density at radius 2 is 2.24 bits per heavy atom. The Morgan fingerprint density at radius 3 is 2.95 bits per heavy atom. The molecule has 0 aromatic heterocycles. The first-order valence-electron chi connectivity index (χ1n) is 7.78. The zero-order valence-electron chi connectivity index (χ0n) is 13.3. The summed E-state index contributed by atoms with van der Waals surface area (Å²) in [5.74, 6) is 0.761. The van der Waals surface area contributed by atoms with E-state index in [9.17, 15) is 4.79 Å². The summed E-state index contributed by atoms with van der Waals surface area (Å²) in [6.07, 6.45) is 4.33. The molecule has 1 aliphatic rings. The average molecular weight is 290 g/mol. The quantitative estimate of drug-likeness (QED) is 0.905. The number of nitrogens with zero attached hydrogens (tertiary/aromatic N) is 1. The highest BCUT2D eigenvalue weighted by molar-refractivity contribution is 5.92. The standard InChI is InChI=1S/C17H26N2O2/c1-13-7-8-16(21-3)15(12-13)18-17(20)9-11-19-10-5-4-6-14(19)2/h7-8,12,14H,4-6,9-11H2,1-3H3,(H,18,20)/t14-/m1/s1. The number of hydrogen-bond donors (Lipinski definition) is 1. The number of likely N-dealkylation sites (tertiary alicyclic amines) is 1. The Kier molecular flexibility index (Phi) is 5.62. The topological polar surface area (TPSA) is 41.6 Å². The molecule has 1 aromatic carbocycles. The summed E-state index contributed by atoms with van der Waals surface area (Å²) in [4.78, 5) is 14.6. The van der Waals surface area contributed by atoms with Crippen molar-refractivity contribution in [2.75, 3.05) is 25.5 Å². The van der Waals surface area contributed by atoms with Crippen molar-refractivity contribution in [3.05, 3.63) is 23.8 Å². The summed E-state index contributed by atoms with van der Waals surface area (Å²) in [5, 5.41) is 2.97. The van der Waals surface area contributed by atoms with Gasteiger partial charge in [0.2, 0.25) is 5.91 Å². The Balaban J connectivity index is 1.88. The number of nitrogens with one attached hydrogen (secondary N) is 1. The summed E-state index contributed by atoms with van der Waals surface area (Å²) in [6.45, 7) is 6.20. The van der Waals surface area contributed by atoms with Gasteiger partial charge in [-0.05, 0) is 50.9 Å². The number of amides is 1. The first-order chi connectivity index (χ1) is 10.1. The van der Waals surface area contributed by atoms with Gasteiger partial charge in [0, 0.05) is 19.0 Å². The molecule has 0 radical (unpaired) electrons. The molecule has 1 aromatic rings. The molecule has 1 fully saturated rings. The molecule has 1 heterocycles. The van der Waals surface area contributed by atoms with Crippen LogP contribution >= 0.6 is 0 Å². The second kappa shape index (κ2) is 7.46. The number of rotatable bonds is 5. The summed E-state index contributed by atoms with van der Waals surface area (Å²) in [6, 6.07) is 6.40. The van der Waals surface area contributed by atoms with E-state index >= 15 is 0 Å². The molecule has 1 amide bonds. The highest BCUT2D eigenvalue weighted by Gasteiger charge is 2.18. The van der Waals surface area contributed by atoms with Crippen LogP contribution in [0.25, 0.3) is 0 Å². The van der Waals surface area contributed by atoms with E-state index in [1.165, 1.54) is 19.3 Å². The first kappa shape index (κ1) is 15.8. The van der Waals surface area contributed by atoms with E-state index in [2.05, 4.69) is 17.1 Å². The summed E-state index contributed by atoms with van der Waals surface area (Å²) in [5.41, 5.74) is 1.87. The fourth-order valence-corrected chi connectivity index (χ4v) is 2.87. The van der Waals surface area contributed by atoms with E-state index in [0.717, 1.165) is 24.3 Å². The maximum atomic E-state index is 12.1. The third-order valence-corrected chi connectivity index (χ3v) is 4.20. The van der Waals surface area contributed by atoms with Crippen LogP contribution in [0, 0.1) is 6.92 Å². The van der Waals surface area contributed by atoms with Gasteiger partial charge in [-0.3, -0.25) is 4.79 Å². The van der Waals surface area contributed by atoms with Crippen LogP contribution in [-0.4, -0.2) is 37.0 Å². The van der Waals surface area contributed by atoms with Crippen LogP contribution in [0.4, 0.5) is 5.69 Å². The lowest BCUT2D eigenvalue weighted by Crippen LogP contribution is -2.39. The molecule has 4 nitrogen and oxygen atoms in total. The van der Waals surface area contributed by atoms with Gasteiger partial charge in [-0.15, -0.1) is 0 Å². The molecule has 2 rings (SSSR count). The van der Waals surface area contributed by atoms with E-state index < -0.39 is 0 Å². The molecule has 0 saturated carbocycles. The van der Waals surface area contributed by atoms with E-state index in [0.29, 0.717) is 18.2 Å². The lowest BCUT2D eigenvalue weighted by atomic mass is 10.0. The van der Waals surface area contributed by atoms with Crippen molar-refractivity contribution < 1.29 is 9.53 Å². The predicted octanol–water partition coefficient (Wildman–Crippen LogP) is 3.21. The Bertz CT molecular complexity index is 488. The molecule has 0 spiro atoms. The van der Waals surface area contributed by atoms with Gasteiger partial charge >= 0.3 is 0 Å². The summed E-state index contributed by atoms with van der Waals surface area (Å²) >= 11 is 0. The molecule has 0 aliphatic carbocycles. The van der Waals surface area contributed by atoms with Gasteiger partial charge in [-0.2, -0.15) is 0 Å². The highest BCUT2D eigenvalue weighted by Crippen LogP contribution is 2.25. The zero-order valence-corrected chi connectivity index (χ0v) is 13.3. The van der Waals surface area contributed by atoms with Crippen molar-refractivity contribution in [2.45, 2.75) is 45.6 Å². The lowest BCUT2D eigenvalue weighted by Gasteiger charge is -2.33. The van der Waals surface area contributed by atoms with Crippen molar-refractivity contribution >= 4 is 11.6 Å². The van der Waals surface area contributed by atoms with Crippen molar-refractivity contribution in [3.63, 3.8) is 0 Å². The van der Waals surface area contributed by atoms with Gasteiger partial charge in [-0.1, -0.05) is 12.5 Å². The van der Waals surface area contributed by atoms with Gasteiger partial charge in [0.25, 0.3) is 0 Å². The average Bonchev–Trinajstić information content (AvgIpc) is 2.47. The van der Waals surface area contributed by atoms with Gasteiger partial charge in [0.05, 0.1) is 12.8 Å². The molecule has 0 unspecified atom stereocenters. The fraction of sp³-hybridized carbons (Fsp3) is 0.588. The number of methoxy groups -OCH3 is 1. The van der Waals surface area contributed by atoms with Crippen LogP contribution in [0.3, 0.4) is 0 Å². The number of piperidine rings is 1. The third kappa shape index (κ3) is 4.46. The number of ether oxygens (including phenoxy) is 1. The molecule has 1 atom stereocenters. The minimum absolute atomic E-state index is 0.0525. The Labute approximate surface area is 127 Å². The molecule has 0 bridgehead atoms. The van der Waals surface area contributed by atoms with Gasteiger partial charge < -0.3 is 15.0 Å². The molecule has 116 valence electrons. The molecular formula is C17H26N2O2. The Hall–Kier alpha value is -1.55. The van der Waals surface area contributed by atoms with E-state index in [4.69, 9.17) is 4.74 Å². The molecular weight excluding hydrogens is 264 g/mol. The van der Waals surface area contributed by atoms with Crippen molar-refractivity contribution in [3.8, 4) is 5.75 Å². The minimum atomic E-state index is 0.0525. The van der Waals surface area contributed by atoms with Crippen LogP contribution < -0.4 is 10.1 Å². The highest BCUT2D eigenvalue weighted by atomic mass is 16.5. The third-order valence-electron chi connectivity index (χ3n) is 4.20. The van der Waals surface area contributed by atoms with Crippen molar-refractivity contribution in [1.82, 2.24) is 4.90 Å². The predicted molar refractivity (Wildman–Crippen MR) is 85.9 cm³/mol. The van der Waals surface area contributed by atoms with Gasteiger partial charge in [-0.25, -0.2) is 0 Å². The van der Waals surface area contributed by atoms with Crippen molar-refractivity contribution in [2.24, 2.45) is 0 Å². The van der Waals surface area contributed by atoms with Crippen LogP contribution in [-0.2, 0) is 4.79 Å². The minimum Gasteiger partial charge on any atom is -0.495 e. The van der Waals surface area contributed by atoms with E-state index in [1.54, 1.807) is 7.11 Å². The number of hydrogen-bond acceptors (Lipinski definition) is 3. The number of anilines is 1. The van der Waals surface area contributed by atoms with Crippen LogP contribution in [0.5, 0.6) is 5.75 Å². The largest absolute Gasteiger partial charge is 0.495 e. The lowest BCUT2D eigenvalue weighted by molar-refractivity contribution is -0.116. The van der Waals surface area contributed by atoms with E-state index in [1.807, 2.05) is 25.1 Å². The van der Waals surface area contributed by atoms with Crippen molar-refractivity contribution in [1.29, 1.82) is 0 Å². The number of carbonyl (C=O) groups is 1. The zero-order chi connectivity index (χ0) is 15.2. The molecule has 1 aliphatic heterocycles. The van der Waals surface area contributed by atoms with E-state index in [-0.39, 0.29) is 5.91 Å². The summed E-state index contributed by atoms with van der Waals surface area (Å²) in [7, 11) is 1.62. The molecule has 21 heavy (non-hydrogen) atoms. The normalized spacial score (nSPS) is 19.3. The van der Waals surface area contributed by atoms with Gasteiger partial charge in [0.15, 0.2) is 0 Å². The molecule has 4 heteroatoms. The smallest absolute Gasteiger partial charge is 0.225 e. The molecule has 1 saturated heterocycles. The summed E-state index contributed by atoms with van der Waals surface area (Å²) < 4.78 is 5.29. The first-order valence-corrected chi connectivity index (χ1v) is 7.78. The second-order valence-corrected chi connectivity index (χ2v) is 5.88. The Morgan fingerprint density at radius 1 is 1.43 bits per heavy atom. The maximum absolute atomic E-state index is 12.1. The molecule has 1 N–H and O–H groups in total. The fourth-order valence-electron chi connectivity index (χ4n) is 2.87. The monoisotopic (exact) mass is 290 g/mol. The van der Waals surface area contributed by atoms with Crippen LogP contribution in [0.2, 0.25) is 0 Å². The SMILES string of the molecule is COc1ccc(C)cc1NC(=O)CCN1CCCC[C@H]1C. The number of aryl methyl sites for hydroxylation is 1. The number of benzene rings is 1. The van der Waals surface area contributed by atoms with Crippen LogP contribution in [0.1, 0.15) is 38.2 Å². The van der Waals surface area contributed by atoms with Gasteiger partial charge in [0.1, 0.15) is 5.75 Å². The second-order valence-electron chi connectivity index (χ2n) is 5.88.